The molecule has 1 saturated carbocycles. The summed E-state index contributed by atoms with van der Waals surface area (Å²) in [4.78, 5) is -0.349. The summed E-state index contributed by atoms with van der Waals surface area (Å²) in [5.74, 6) is -0.287. The summed E-state index contributed by atoms with van der Waals surface area (Å²) in [6.45, 7) is 0.798. The van der Waals surface area contributed by atoms with Gasteiger partial charge in [0.2, 0.25) is 10.0 Å². The van der Waals surface area contributed by atoms with Crippen LogP contribution >= 0.6 is 11.6 Å². The highest BCUT2D eigenvalue weighted by Crippen LogP contribution is 2.39. The van der Waals surface area contributed by atoms with E-state index in [1.54, 1.807) is 0 Å². The maximum absolute atomic E-state index is 13.8. The fraction of sp³-hybridized carbons (Fsp3) is 0.538. The Morgan fingerprint density at radius 3 is 2.75 bits per heavy atom. The van der Waals surface area contributed by atoms with Crippen LogP contribution in [0.2, 0.25) is 5.02 Å². The normalized spacial score (nSPS) is 30.6. The first-order valence-electron chi connectivity index (χ1n) is 6.60. The molecule has 0 amide bonds. The van der Waals surface area contributed by atoms with Crippen molar-refractivity contribution in [1.82, 2.24) is 4.31 Å². The molecule has 4 nitrogen and oxygen atoms in total. The average molecular weight is 319 g/mol. The lowest BCUT2D eigenvalue weighted by Gasteiger charge is -2.19. The third kappa shape index (κ3) is 2.24. The van der Waals surface area contributed by atoms with Crippen molar-refractivity contribution in [2.24, 2.45) is 17.6 Å². The second-order valence-corrected chi connectivity index (χ2v) is 7.90. The van der Waals surface area contributed by atoms with Crippen molar-refractivity contribution in [2.45, 2.75) is 23.8 Å². The second kappa shape index (κ2) is 4.94. The van der Waals surface area contributed by atoms with Crippen molar-refractivity contribution < 1.29 is 12.8 Å². The Morgan fingerprint density at radius 2 is 2.05 bits per heavy atom. The largest absolute Gasteiger partial charge is 0.327 e. The van der Waals surface area contributed by atoms with Crippen molar-refractivity contribution in [1.29, 1.82) is 0 Å². The molecular weight excluding hydrogens is 303 g/mol. The summed E-state index contributed by atoms with van der Waals surface area (Å²) < 4.78 is 40.2. The van der Waals surface area contributed by atoms with Gasteiger partial charge in [0.05, 0.1) is 0 Å². The minimum absolute atomic E-state index is 0.0457. The van der Waals surface area contributed by atoms with Gasteiger partial charge in [0.15, 0.2) is 0 Å². The van der Waals surface area contributed by atoms with E-state index in [9.17, 15) is 12.8 Å². The molecule has 0 aromatic heterocycles. The molecular formula is C13H16ClFN2O2S. The molecule has 3 atom stereocenters. The van der Waals surface area contributed by atoms with Crippen molar-refractivity contribution in [2.75, 3.05) is 13.1 Å². The van der Waals surface area contributed by atoms with Crippen LogP contribution < -0.4 is 5.73 Å². The first-order chi connectivity index (χ1) is 9.39. The van der Waals surface area contributed by atoms with Gasteiger partial charge in [-0.2, -0.15) is 4.31 Å². The zero-order chi connectivity index (χ0) is 14.5. The van der Waals surface area contributed by atoms with Gasteiger partial charge < -0.3 is 5.73 Å². The molecule has 1 heterocycles. The molecule has 0 spiro atoms. The zero-order valence-electron chi connectivity index (χ0n) is 10.8. The lowest BCUT2D eigenvalue weighted by atomic mass is 9.98. The van der Waals surface area contributed by atoms with Crippen LogP contribution in [0.5, 0.6) is 0 Å². The molecule has 110 valence electrons. The van der Waals surface area contributed by atoms with Crippen LogP contribution in [-0.4, -0.2) is 31.9 Å². The Balaban J connectivity index is 1.92. The SMILES string of the molecule is NC1CCC2CN(S(=O)(=O)c3cc(Cl)ccc3F)CC12. The summed E-state index contributed by atoms with van der Waals surface area (Å²) in [6, 6.07) is 3.63. The standard InChI is InChI=1S/C13H16ClFN2O2S/c14-9-2-3-11(15)13(5-9)20(18,19)17-6-8-1-4-12(16)10(8)7-17/h2-3,5,8,10,12H,1,4,6-7,16H2. The van der Waals surface area contributed by atoms with Crippen molar-refractivity contribution >= 4 is 21.6 Å². The number of halogens is 2. The van der Waals surface area contributed by atoms with Crippen LogP contribution in [0.1, 0.15) is 12.8 Å². The van der Waals surface area contributed by atoms with Gasteiger partial charge in [-0.1, -0.05) is 11.6 Å². The zero-order valence-corrected chi connectivity index (χ0v) is 12.4. The number of sulfonamides is 1. The molecule has 1 aromatic rings. The Kier molecular flexibility index (Phi) is 3.52. The van der Waals surface area contributed by atoms with Crippen LogP contribution in [0.4, 0.5) is 4.39 Å². The van der Waals surface area contributed by atoms with Crippen molar-refractivity contribution in [3.8, 4) is 0 Å². The van der Waals surface area contributed by atoms with E-state index in [-0.39, 0.29) is 21.9 Å². The van der Waals surface area contributed by atoms with Gasteiger partial charge in [0, 0.05) is 24.2 Å². The molecule has 3 unspecified atom stereocenters. The van der Waals surface area contributed by atoms with Gasteiger partial charge in [0.25, 0.3) is 0 Å². The van der Waals surface area contributed by atoms with E-state index in [0.717, 1.165) is 18.9 Å². The number of hydrogen-bond donors (Lipinski definition) is 1. The molecule has 2 aliphatic rings. The number of rotatable bonds is 2. The predicted octanol–water partition coefficient (Wildman–Crippen LogP) is 1.84. The fourth-order valence-corrected chi connectivity index (χ4v) is 5.14. The first-order valence-corrected chi connectivity index (χ1v) is 8.42. The number of hydrogen-bond acceptors (Lipinski definition) is 3. The smallest absolute Gasteiger partial charge is 0.246 e. The Hall–Kier alpha value is -0.690. The third-order valence-electron chi connectivity index (χ3n) is 4.39. The lowest BCUT2D eigenvalue weighted by Crippen LogP contribution is -2.33. The van der Waals surface area contributed by atoms with Crippen LogP contribution in [0.3, 0.4) is 0 Å². The second-order valence-electron chi connectivity index (χ2n) is 5.56. The van der Waals surface area contributed by atoms with E-state index in [1.165, 1.54) is 16.4 Å². The molecule has 7 heteroatoms. The van der Waals surface area contributed by atoms with Crippen molar-refractivity contribution in [3.05, 3.63) is 29.0 Å². The van der Waals surface area contributed by atoms with E-state index in [1.807, 2.05) is 0 Å². The molecule has 0 bridgehead atoms. The van der Waals surface area contributed by atoms with E-state index in [4.69, 9.17) is 17.3 Å². The Morgan fingerprint density at radius 1 is 1.30 bits per heavy atom. The minimum atomic E-state index is -3.84. The number of nitrogens with two attached hydrogens (primary N) is 1. The maximum Gasteiger partial charge on any atom is 0.246 e. The van der Waals surface area contributed by atoms with Gasteiger partial charge >= 0.3 is 0 Å². The summed E-state index contributed by atoms with van der Waals surface area (Å²) in [5, 5.41) is 0.209. The Bertz CT molecular complexity index is 637. The molecule has 1 aliphatic carbocycles. The number of fused-ring (bicyclic) bond motifs is 1. The summed E-state index contributed by atoms with van der Waals surface area (Å²) in [6.07, 6.45) is 1.88. The maximum atomic E-state index is 13.8. The third-order valence-corrected chi connectivity index (χ3v) is 6.47. The summed E-state index contributed by atoms with van der Waals surface area (Å²) >= 11 is 5.78. The molecule has 3 rings (SSSR count). The lowest BCUT2D eigenvalue weighted by molar-refractivity contribution is 0.424. The van der Waals surface area contributed by atoms with Crippen molar-refractivity contribution in [3.63, 3.8) is 0 Å². The molecule has 2 N–H and O–H groups in total. The first kappa shape index (κ1) is 14.3. The number of benzene rings is 1. The van der Waals surface area contributed by atoms with Crippen LogP contribution in [0.15, 0.2) is 23.1 Å². The Labute approximate surface area is 122 Å². The summed E-state index contributed by atoms with van der Waals surface area (Å²) in [7, 11) is -3.84. The predicted molar refractivity (Wildman–Crippen MR) is 74.4 cm³/mol. The van der Waals surface area contributed by atoms with E-state index in [2.05, 4.69) is 0 Å². The monoisotopic (exact) mass is 318 g/mol. The quantitative estimate of drug-likeness (QED) is 0.905. The van der Waals surface area contributed by atoms with Crippen LogP contribution in [-0.2, 0) is 10.0 Å². The molecule has 0 radical (unpaired) electrons. The molecule has 20 heavy (non-hydrogen) atoms. The van der Waals surface area contributed by atoms with E-state index in [0.29, 0.717) is 19.0 Å². The highest BCUT2D eigenvalue weighted by Gasteiger charge is 2.45. The van der Waals surface area contributed by atoms with Gasteiger partial charge in [-0.05, 0) is 42.9 Å². The summed E-state index contributed by atoms with van der Waals surface area (Å²) in [5.41, 5.74) is 6.00. The number of nitrogens with zero attached hydrogens (tertiary/aromatic N) is 1. The topological polar surface area (TPSA) is 63.4 Å². The van der Waals surface area contributed by atoms with Gasteiger partial charge in [-0.15, -0.1) is 0 Å². The molecule has 1 saturated heterocycles. The average Bonchev–Trinajstić information content (AvgIpc) is 2.95. The highest BCUT2D eigenvalue weighted by molar-refractivity contribution is 7.89. The van der Waals surface area contributed by atoms with E-state index >= 15 is 0 Å². The minimum Gasteiger partial charge on any atom is -0.327 e. The molecule has 2 fully saturated rings. The van der Waals surface area contributed by atoms with Gasteiger partial charge in [-0.3, -0.25) is 0 Å². The molecule has 1 aliphatic heterocycles. The van der Waals surface area contributed by atoms with E-state index < -0.39 is 15.8 Å². The van der Waals surface area contributed by atoms with Crippen LogP contribution in [0.25, 0.3) is 0 Å². The fourth-order valence-electron chi connectivity index (χ4n) is 3.28. The van der Waals surface area contributed by atoms with Gasteiger partial charge in [0.1, 0.15) is 10.7 Å². The molecule has 1 aromatic carbocycles. The highest BCUT2D eigenvalue weighted by atomic mass is 35.5. The van der Waals surface area contributed by atoms with Gasteiger partial charge in [-0.25, -0.2) is 12.8 Å². The van der Waals surface area contributed by atoms with Crippen LogP contribution in [0, 0.1) is 17.7 Å².